The minimum absolute atomic E-state index is 0.00242. The summed E-state index contributed by atoms with van der Waals surface area (Å²) in [6.07, 6.45) is 0.772. The molecule has 0 spiro atoms. The van der Waals surface area contributed by atoms with Crippen molar-refractivity contribution in [3.63, 3.8) is 0 Å². The van der Waals surface area contributed by atoms with Crippen LogP contribution in [-0.2, 0) is 29.1 Å². The van der Waals surface area contributed by atoms with Crippen LogP contribution in [-0.4, -0.2) is 50.0 Å². The number of carbonyl (C=O) groups is 1. The van der Waals surface area contributed by atoms with Gasteiger partial charge in [0.1, 0.15) is 24.3 Å². The van der Waals surface area contributed by atoms with Gasteiger partial charge in [-0.25, -0.2) is 4.79 Å². The molecule has 7 heteroatoms. The first kappa shape index (κ1) is 32.2. The van der Waals surface area contributed by atoms with E-state index in [2.05, 4.69) is 52.8 Å². The topological polar surface area (TPSA) is 63.2 Å². The van der Waals surface area contributed by atoms with E-state index < -0.39 is 17.8 Å². The summed E-state index contributed by atoms with van der Waals surface area (Å²) in [6, 6.07) is 25.4. The van der Waals surface area contributed by atoms with Crippen molar-refractivity contribution in [2.24, 2.45) is 0 Å². The zero-order valence-corrected chi connectivity index (χ0v) is 26.2. The van der Waals surface area contributed by atoms with Gasteiger partial charge in [-0.05, 0) is 48.1 Å². The molecule has 0 amide bonds. The van der Waals surface area contributed by atoms with Crippen LogP contribution in [0, 0.1) is 6.92 Å². The molecule has 0 saturated carbocycles. The third kappa shape index (κ3) is 9.41. The lowest BCUT2D eigenvalue weighted by atomic mass is 9.87. The number of esters is 1. The first-order valence-electron chi connectivity index (χ1n) is 14.8. The maximum Gasteiger partial charge on any atom is 0.338 e. The first-order chi connectivity index (χ1) is 20.2. The largest absolute Gasteiger partial charge is 0.458 e. The fourth-order valence-corrected chi connectivity index (χ4v) is 5.58. The Balaban J connectivity index is 1.53. The molecule has 1 aliphatic rings. The highest BCUT2D eigenvalue weighted by molar-refractivity contribution is 7.99. The van der Waals surface area contributed by atoms with Crippen molar-refractivity contribution in [2.75, 3.05) is 26.4 Å². The monoisotopic (exact) mass is 592 g/mol. The summed E-state index contributed by atoms with van der Waals surface area (Å²) in [5.74, 6) is -0.385. The lowest BCUT2D eigenvalue weighted by molar-refractivity contribution is -0.277. The molecule has 226 valence electrons. The minimum Gasteiger partial charge on any atom is -0.458 e. The van der Waals surface area contributed by atoms with Crippen LogP contribution < -0.4 is 0 Å². The molecule has 4 rings (SSSR count). The van der Waals surface area contributed by atoms with Crippen molar-refractivity contribution in [1.82, 2.24) is 0 Å². The smallest absolute Gasteiger partial charge is 0.338 e. The number of aryl methyl sites for hydroxylation is 1. The predicted molar refractivity (Wildman–Crippen MR) is 167 cm³/mol. The molecule has 1 heterocycles. The molecule has 4 atom stereocenters. The third-order valence-electron chi connectivity index (χ3n) is 7.12. The molecule has 0 N–H and O–H groups in total. The summed E-state index contributed by atoms with van der Waals surface area (Å²) in [6.45, 7) is 12.3. The van der Waals surface area contributed by atoms with Crippen LogP contribution in [0.25, 0.3) is 0 Å². The number of benzene rings is 3. The van der Waals surface area contributed by atoms with Crippen molar-refractivity contribution in [3.05, 3.63) is 101 Å². The van der Waals surface area contributed by atoms with Crippen molar-refractivity contribution >= 4 is 17.7 Å². The van der Waals surface area contributed by atoms with Crippen LogP contribution in [0.15, 0.2) is 83.8 Å². The average molecular weight is 593 g/mol. The highest BCUT2D eigenvalue weighted by Gasteiger charge is 2.36. The molecular weight excluding hydrogens is 548 g/mol. The Labute approximate surface area is 255 Å². The predicted octanol–water partition coefficient (Wildman–Crippen LogP) is 7.88. The van der Waals surface area contributed by atoms with Gasteiger partial charge in [0.05, 0.1) is 18.8 Å². The average Bonchev–Trinajstić information content (AvgIpc) is 3.00. The van der Waals surface area contributed by atoms with E-state index >= 15 is 0 Å². The van der Waals surface area contributed by atoms with E-state index in [9.17, 15) is 4.79 Å². The van der Waals surface area contributed by atoms with Crippen LogP contribution >= 0.6 is 11.8 Å². The van der Waals surface area contributed by atoms with Gasteiger partial charge in [0, 0.05) is 17.1 Å². The molecule has 0 aromatic heterocycles. The van der Waals surface area contributed by atoms with Gasteiger partial charge in [0.15, 0.2) is 6.29 Å². The fraction of sp³-hybridized carbons (Fsp3) is 0.457. The summed E-state index contributed by atoms with van der Waals surface area (Å²) in [7, 11) is 0. The van der Waals surface area contributed by atoms with Gasteiger partial charge in [0.25, 0.3) is 0 Å². The third-order valence-corrected chi connectivity index (χ3v) is 8.32. The second kappa shape index (κ2) is 15.7. The maximum absolute atomic E-state index is 12.9. The van der Waals surface area contributed by atoms with E-state index in [1.165, 1.54) is 5.56 Å². The van der Waals surface area contributed by atoms with Gasteiger partial charge in [-0.1, -0.05) is 107 Å². The van der Waals surface area contributed by atoms with Gasteiger partial charge in [-0.2, -0.15) is 0 Å². The Bertz CT molecular complexity index is 1240. The van der Waals surface area contributed by atoms with E-state index in [1.807, 2.05) is 48.5 Å². The zero-order valence-electron chi connectivity index (χ0n) is 25.4. The second-order valence-electron chi connectivity index (χ2n) is 11.6. The summed E-state index contributed by atoms with van der Waals surface area (Å²) >= 11 is 1.56. The van der Waals surface area contributed by atoms with E-state index in [1.54, 1.807) is 23.9 Å². The van der Waals surface area contributed by atoms with E-state index in [4.69, 9.17) is 23.7 Å². The quantitative estimate of drug-likeness (QED) is 0.0866. The Kier molecular flexibility index (Phi) is 12.0. The molecule has 6 nitrogen and oxygen atoms in total. The van der Waals surface area contributed by atoms with Crippen LogP contribution in [0.1, 0.15) is 73.9 Å². The molecule has 1 saturated heterocycles. The summed E-state index contributed by atoms with van der Waals surface area (Å²) < 4.78 is 31.0. The SMILES string of the molecule is CCCCOC[C@@H]1OC(c2ccccc2)OCC1O[C@H](COC(=O)c1ccccc1)Sc1cc(C(C)(C)C)ccc1C. The van der Waals surface area contributed by atoms with Crippen LogP contribution in [0.4, 0.5) is 0 Å². The summed E-state index contributed by atoms with van der Waals surface area (Å²) in [5, 5.41) is 0. The second-order valence-corrected chi connectivity index (χ2v) is 12.8. The molecule has 0 radical (unpaired) electrons. The Morgan fingerprint density at radius 2 is 1.74 bits per heavy atom. The molecule has 1 fully saturated rings. The van der Waals surface area contributed by atoms with Crippen LogP contribution in [0.2, 0.25) is 0 Å². The Morgan fingerprint density at radius 1 is 1.02 bits per heavy atom. The summed E-state index contributed by atoms with van der Waals surface area (Å²) in [5.41, 5.74) is 3.33. The van der Waals surface area contributed by atoms with Crippen LogP contribution in [0.3, 0.4) is 0 Å². The molecule has 0 bridgehead atoms. The van der Waals surface area contributed by atoms with Gasteiger partial charge in [-0.3, -0.25) is 0 Å². The highest BCUT2D eigenvalue weighted by Crippen LogP contribution is 2.35. The molecule has 2 unspecified atom stereocenters. The zero-order chi connectivity index (χ0) is 30.0. The number of rotatable bonds is 13. The lowest BCUT2D eigenvalue weighted by Crippen LogP contribution is -2.46. The van der Waals surface area contributed by atoms with Gasteiger partial charge >= 0.3 is 5.97 Å². The normalized spacial score (nSPS) is 19.8. The Morgan fingerprint density at radius 3 is 2.43 bits per heavy atom. The van der Waals surface area contributed by atoms with Crippen LogP contribution in [0.5, 0.6) is 0 Å². The van der Waals surface area contributed by atoms with E-state index in [0.717, 1.165) is 28.9 Å². The van der Waals surface area contributed by atoms with Crippen molar-refractivity contribution in [3.8, 4) is 0 Å². The van der Waals surface area contributed by atoms with Crippen molar-refractivity contribution in [2.45, 2.75) is 81.7 Å². The number of hydrogen-bond acceptors (Lipinski definition) is 7. The lowest BCUT2D eigenvalue weighted by Gasteiger charge is -2.38. The van der Waals surface area contributed by atoms with Crippen molar-refractivity contribution in [1.29, 1.82) is 0 Å². The van der Waals surface area contributed by atoms with E-state index in [-0.39, 0.29) is 24.1 Å². The Hall–Kier alpha value is -2.68. The summed E-state index contributed by atoms with van der Waals surface area (Å²) in [4.78, 5) is 13.9. The molecule has 1 aliphatic heterocycles. The molecule has 3 aromatic carbocycles. The molecule has 0 aliphatic carbocycles. The highest BCUT2D eigenvalue weighted by atomic mass is 32.2. The fourth-order valence-electron chi connectivity index (χ4n) is 4.51. The molecular formula is C35H44O6S. The van der Waals surface area contributed by atoms with Gasteiger partial charge in [-0.15, -0.1) is 0 Å². The van der Waals surface area contributed by atoms with E-state index in [0.29, 0.717) is 25.4 Å². The number of ether oxygens (including phenoxy) is 5. The minimum atomic E-state index is -0.501. The number of thioether (sulfide) groups is 1. The number of hydrogen-bond donors (Lipinski definition) is 0. The molecule has 42 heavy (non-hydrogen) atoms. The van der Waals surface area contributed by atoms with Gasteiger partial charge in [0.2, 0.25) is 0 Å². The van der Waals surface area contributed by atoms with Gasteiger partial charge < -0.3 is 23.7 Å². The number of carbonyl (C=O) groups excluding carboxylic acids is 1. The first-order valence-corrected chi connectivity index (χ1v) is 15.7. The van der Waals surface area contributed by atoms with Crippen molar-refractivity contribution < 1.29 is 28.5 Å². The maximum atomic E-state index is 12.9. The standard InChI is InChI=1S/C35H44O6S/c1-6-7-20-37-22-29-30(23-39-34(41-29)27-16-12-9-13-17-27)40-32(24-38-33(36)26-14-10-8-11-15-26)42-31-21-28(35(3,4)5)19-18-25(31)2/h8-19,21,29-30,32,34H,6-7,20,22-24H2,1-5H3/t29-,30?,32-,34?/m0/s1. The molecule has 3 aromatic rings. The number of unbranched alkanes of at least 4 members (excludes halogenated alkanes) is 1.